The summed E-state index contributed by atoms with van der Waals surface area (Å²) in [6.45, 7) is 4.52. The molecule has 108 valence electrons. The van der Waals surface area contributed by atoms with Crippen molar-refractivity contribution >= 4 is 22.7 Å². The second-order valence-electron chi connectivity index (χ2n) is 6.00. The molecule has 1 aliphatic carbocycles. The Balaban J connectivity index is 1.83. The zero-order valence-corrected chi connectivity index (χ0v) is 13.8. The van der Waals surface area contributed by atoms with E-state index in [2.05, 4.69) is 31.4 Å². The molecule has 2 aromatic heterocycles. The van der Waals surface area contributed by atoms with Gasteiger partial charge in [0.05, 0.1) is 16.1 Å². The van der Waals surface area contributed by atoms with E-state index >= 15 is 0 Å². The smallest absolute Gasteiger partial charge is 0.113 e. The van der Waals surface area contributed by atoms with Crippen molar-refractivity contribution in [2.24, 2.45) is 11.7 Å². The van der Waals surface area contributed by atoms with Gasteiger partial charge in [0.1, 0.15) is 5.01 Å². The Morgan fingerprint density at radius 3 is 2.75 bits per heavy atom. The van der Waals surface area contributed by atoms with Crippen LogP contribution in [0.15, 0.2) is 17.5 Å². The summed E-state index contributed by atoms with van der Waals surface area (Å²) in [7, 11) is 0. The van der Waals surface area contributed by atoms with Gasteiger partial charge in [0.25, 0.3) is 0 Å². The Kier molecular flexibility index (Phi) is 3.98. The van der Waals surface area contributed by atoms with Crippen molar-refractivity contribution in [3.63, 3.8) is 0 Å². The molecule has 0 spiro atoms. The number of aryl methyl sites for hydroxylation is 1. The molecule has 0 saturated heterocycles. The van der Waals surface area contributed by atoms with Crippen molar-refractivity contribution in [2.45, 2.75) is 51.5 Å². The topological polar surface area (TPSA) is 38.9 Å². The summed E-state index contributed by atoms with van der Waals surface area (Å²) in [4.78, 5) is 7.55. The maximum atomic E-state index is 6.62. The number of hydrogen-bond acceptors (Lipinski definition) is 4. The first-order valence-electron chi connectivity index (χ1n) is 7.44. The SMILES string of the molecule is CCc1ccc(-c2csc(C3(N)CCC(C)CC3)n2)s1. The fraction of sp³-hybridized carbons (Fsp3) is 0.562. The van der Waals surface area contributed by atoms with Gasteiger partial charge < -0.3 is 5.73 Å². The van der Waals surface area contributed by atoms with E-state index in [-0.39, 0.29) is 5.54 Å². The van der Waals surface area contributed by atoms with Crippen LogP contribution in [0.2, 0.25) is 0 Å². The average Bonchev–Trinajstić information content (AvgIpc) is 3.10. The third-order valence-corrected chi connectivity index (χ3v) is 6.67. The van der Waals surface area contributed by atoms with E-state index in [4.69, 9.17) is 10.7 Å². The van der Waals surface area contributed by atoms with Crippen LogP contribution in [0.1, 0.15) is 49.4 Å². The fourth-order valence-corrected chi connectivity index (χ4v) is 4.79. The number of thiazole rings is 1. The zero-order chi connectivity index (χ0) is 14.2. The predicted molar refractivity (Wildman–Crippen MR) is 88.3 cm³/mol. The molecule has 1 fully saturated rings. The molecule has 2 aromatic rings. The highest BCUT2D eigenvalue weighted by atomic mass is 32.1. The highest BCUT2D eigenvalue weighted by molar-refractivity contribution is 7.16. The first-order chi connectivity index (χ1) is 9.60. The normalized spacial score (nSPS) is 26.9. The van der Waals surface area contributed by atoms with E-state index in [0.717, 1.165) is 35.9 Å². The standard InChI is InChI=1S/C16H22N2S2/c1-3-12-4-5-14(20-12)13-10-19-15(18-13)16(17)8-6-11(2)7-9-16/h4-5,10-11H,3,6-9,17H2,1-2H3. The van der Waals surface area contributed by atoms with Crippen LogP contribution >= 0.6 is 22.7 Å². The molecule has 3 rings (SSSR count). The first kappa shape index (κ1) is 14.2. The van der Waals surface area contributed by atoms with Crippen molar-refractivity contribution in [1.29, 1.82) is 0 Å². The number of aromatic nitrogens is 1. The number of hydrogen-bond donors (Lipinski definition) is 1. The Morgan fingerprint density at radius 2 is 2.10 bits per heavy atom. The molecular formula is C16H22N2S2. The molecule has 1 saturated carbocycles. The summed E-state index contributed by atoms with van der Waals surface area (Å²) in [5.41, 5.74) is 7.55. The minimum Gasteiger partial charge on any atom is -0.319 e. The van der Waals surface area contributed by atoms with E-state index < -0.39 is 0 Å². The van der Waals surface area contributed by atoms with Gasteiger partial charge in [-0.05, 0) is 50.2 Å². The molecule has 0 aliphatic heterocycles. The Labute approximate surface area is 129 Å². The largest absolute Gasteiger partial charge is 0.319 e. The third-order valence-electron chi connectivity index (χ3n) is 4.36. The third kappa shape index (κ3) is 2.69. The summed E-state index contributed by atoms with van der Waals surface area (Å²) >= 11 is 3.59. The highest BCUT2D eigenvalue weighted by Crippen LogP contribution is 2.40. The lowest BCUT2D eigenvalue weighted by Gasteiger charge is -2.34. The van der Waals surface area contributed by atoms with E-state index in [9.17, 15) is 0 Å². The summed E-state index contributed by atoms with van der Waals surface area (Å²) in [5.74, 6) is 0.815. The van der Waals surface area contributed by atoms with Crippen molar-refractivity contribution in [3.05, 3.63) is 27.4 Å². The molecular weight excluding hydrogens is 284 g/mol. The molecule has 2 heterocycles. The first-order valence-corrected chi connectivity index (χ1v) is 9.14. The van der Waals surface area contributed by atoms with Crippen LogP contribution in [0, 0.1) is 5.92 Å². The lowest BCUT2D eigenvalue weighted by atomic mass is 9.78. The molecule has 20 heavy (non-hydrogen) atoms. The monoisotopic (exact) mass is 306 g/mol. The van der Waals surface area contributed by atoms with Crippen molar-refractivity contribution in [1.82, 2.24) is 4.98 Å². The molecule has 4 heteroatoms. The van der Waals surface area contributed by atoms with Gasteiger partial charge in [-0.1, -0.05) is 13.8 Å². The fourth-order valence-electron chi connectivity index (χ4n) is 2.81. The quantitative estimate of drug-likeness (QED) is 0.884. The average molecular weight is 306 g/mol. The Hall–Kier alpha value is -0.710. The predicted octanol–water partition coefficient (Wildman–Crippen LogP) is 4.80. The number of nitrogens with zero attached hydrogens (tertiary/aromatic N) is 1. The summed E-state index contributed by atoms with van der Waals surface area (Å²) in [5, 5.41) is 3.30. The molecule has 0 atom stereocenters. The van der Waals surface area contributed by atoms with Crippen LogP contribution < -0.4 is 5.73 Å². The molecule has 0 amide bonds. The molecule has 0 aromatic carbocycles. The Bertz CT molecular complexity index is 577. The molecule has 2 nitrogen and oxygen atoms in total. The molecule has 1 aliphatic rings. The van der Waals surface area contributed by atoms with Gasteiger partial charge in [-0.15, -0.1) is 22.7 Å². The van der Waals surface area contributed by atoms with E-state index in [1.54, 1.807) is 11.3 Å². The van der Waals surface area contributed by atoms with Crippen LogP contribution in [0.4, 0.5) is 0 Å². The summed E-state index contributed by atoms with van der Waals surface area (Å²) in [6.07, 6.45) is 5.70. The number of rotatable bonds is 3. The highest BCUT2D eigenvalue weighted by Gasteiger charge is 2.34. The summed E-state index contributed by atoms with van der Waals surface area (Å²) < 4.78 is 0. The van der Waals surface area contributed by atoms with Crippen molar-refractivity contribution in [3.8, 4) is 10.6 Å². The maximum Gasteiger partial charge on any atom is 0.113 e. The minimum atomic E-state index is -0.180. The lowest BCUT2D eigenvalue weighted by molar-refractivity contribution is 0.247. The van der Waals surface area contributed by atoms with Gasteiger partial charge >= 0.3 is 0 Å². The van der Waals surface area contributed by atoms with Gasteiger partial charge in [-0.25, -0.2) is 4.98 Å². The minimum absolute atomic E-state index is 0.180. The van der Waals surface area contributed by atoms with Crippen LogP contribution in [-0.4, -0.2) is 4.98 Å². The van der Waals surface area contributed by atoms with Crippen LogP contribution in [0.25, 0.3) is 10.6 Å². The second-order valence-corrected chi connectivity index (χ2v) is 8.02. The van der Waals surface area contributed by atoms with Gasteiger partial charge in [-0.2, -0.15) is 0 Å². The van der Waals surface area contributed by atoms with Gasteiger partial charge in [-0.3, -0.25) is 0 Å². The lowest BCUT2D eigenvalue weighted by Crippen LogP contribution is -2.40. The van der Waals surface area contributed by atoms with Gasteiger partial charge in [0.15, 0.2) is 0 Å². The van der Waals surface area contributed by atoms with Gasteiger partial charge in [0, 0.05) is 10.3 Å². The van der Waals surface area contributed by atoms with Gasteiger partial charge in [0.2, 0.25) is 0 Å². The van der Waals surface area contributed by atoms with Crippen LogP contribution in [0.3, 0.4) is 0 Å². The van der Waals surface area contributed by atoms with Crippen molar-refractivity contribution in [2.75, 3.05) is 0 Å². The number of nitrogens with two attached hydrogens (primary N) is 1. The van der Waals surface area contributed by atoms with Crippen molar-refractivity contribution < 1.29 is 0 Å². The van der Waals surface area contributed by atoms with Crippen LogP contribution in [-0.2, 0) is 12.0 Å². The Morgan fingerprint density at radius 1 is 1.35 bits per heavy atom. The van der Waals surface area contributed by atoms with E-state index in [0.29, 0.717) is 0 Å². The molecule has 0 unspecified atom stereocenters. The number of thiophene rings is 1. The molecule has 0 radical (unpaired) electrons. The zero-order valence-electron chi connectivity index (χ0n) is 12.2. The van der Waals surface area contributed by atoms with Crippen LogP contribution in [0.5, 0.6) is 0 Å². The van der Waals surface area contributed by atoms with E-state index in [1.165, 1.54) is 22.6 Å². The summed E-state index contributed by atoms with van der Waals surface area (Å²) in [6, 6.07) is 4.40. The second kappa shape index (κ2) is 5.58. The maximum absolute atomic E-state index is 6.62. The van der Waals surface area contributed by atoms with E-state index in [1.807, 2.05) is 11.3 Å². The molecule has 2 N–H and O–H groups in total. The molecule has 0 bridgehead atoms.